The molecule has 0 spiro atoms. The Kier molecular flexibility index (Phi) is 7.47. The van der Waals surface area contributed by atoms with Gasteiger partial charge in [0.05, 0.1) is 0 Å². The lowest BCUT2D eigenvalue weighted by Gasteiger charge is -2.18. The van der Waals surface area contributed by atoms with Crippen LogP contribution in [0.2, 0.25) is 0 Å². The van der Waals surface area contributed by atoms with Gasteiger partial charge in [-0.05, 0) is 49.6 Å². The molecule has 0 saturated carbocycles. The molecule has 1 N–H and O–H groups in total. The number of carbonyl (C=O) groups excluding carboxylic acids is 1. The van der Waals surface area contributed by atoms with Crippen molar-refractivity contribution >= 4 is 23.2 Å². The Morgan fingerprint density at radius 2 is 2.08 bits per heavy atom. The van der Waals surface area contributed by atoms with Gasteiger partial charge in [0, 0.05) is 12.1 Å². The molecule has 1 amide bonds. The van der Waals surface area contributed by atoms with E-state index in [0.29, 0.717) is 11.3 Å². The van der Waals surface area contributed by atoms with Crippen molar-refractivity contribution in [2.24, 2.45) is 0 Å². The minimum absolute atomic E-state index is 0.0231. The highest BCUT2D eigenvalue weighted by Gasteiger charge is 2.42. The van der Waals surface area contributed by atoms with Crippen molar-refractivity contribution < 1.29 is 31.5 Å². The van der Waals surface area contributed by atoms with Crippen LogP contribution in [0.15, 0.2) is 30.4 Å². The van der Waals surface area contributed by atoms with Crippen LogP contribution < -0.4 is 10.1 Å². The van der Waals surface area contributed by atoms with Gasteiger partial charge in [-0.2, -0.15) is 17.6 Å². The van der Waals surface area contributed by atoms with Gasteiger partial charge >= 0.3 is 6.11 Å². The summed E-state index contributed by atoms with van der Waals surface area (Å²) in [7, 11) is 0. The number of allylic oxidation sites excluding steroid dienone is 1. The van der Waals surface area contributed by atoms with Crippen molar-refractivity contribution in [3.8, 4) is 5.75 Å². The van der Waals surface area contributed by atoms with Crippen molar-refractivity contribution in [2.75, 3.05) is 5.32 Å². The summed E-state index contributed by atoms with van der Waals surface area (Å²) >= 11 is 4.69. The average Bonchev–Trinajstić information content (AvgIpc) is 2.46. The fraction of sp³-hybridized carbons (Fsp3) is 0.400. The molecule has 0 aliphatic heterocycles. The molecule has 1 unspecified atom stereocenters. The molecule has 0 aliphatic rings. The molecule has 24 heavy (non-hydrogen) atoms. The van der Waals surface area contributed by atoms with Crippen molar-refractivity contribution in [2.45, 2.75) is 37.9 Å². The van der Waals surface area contributed by atoms with Crippen molar-refractivity contribution in [3.63, 3.8) is 0 Å². The third-order valence-corrected chi connectivity index (χ3v) is 3.14. The second-order valence-electron chi connectivity index (χ2n) is 4.88. The predicted octanol–water partition coefficient (Wildman–Crippen LogP) is 5.39. The van der Waals surface area contributed by atoms with Crippen LogP contribution in [0.1, 0.15) is 24.8 Å². The largest absolute Gasteiger partial charge is 0.444 e. The summed E-state index contributed by atoms with van der Waals surface area (Å²) in [5.41, 5.74) is -2.26. The zero-order valence-electron chi connectivity index (χ0n) is 12.6. The third kappa shape index (κ3) is 6.74. The van der Waals surface area contributed by atoms with Crippen molar-refractivity contribution in [1.29, 1.82) is 0 Å². The van der Waals surface area contributed by atoms with Crippen LogP contribution in [0.5, 0.6) is 5.75 Å². The number of aryl methyl sites for hydroxylation is 1. The van der Waals surface area contributed by atoms with E-state index >= 15 is 0 Å². The number of carbonyl (C=O) groups is 1. The third-order valence-electron chi connectivity index (χ3n) is 2.89. The van der Waals surface area contributed by atoms with Crippen LogP contribution in [0, 0.1) is 6.92 Å². The first-order chi connectivity index (χ1) is 11.1. The Balaban J connectivity index is 2.62. The van der Waals surface area contributed by atoms with E-state index in [4.69, 9.17) is 0 Å². The van der Waals surface area contributed by atoms with Gasteiger partial charge in [0.25, 0.3) is 11.7 Å². The van der Waals surface area contributed by atoms with Crippen LogP contribution in [-0.2, 0) is 4.79 Å². The maximum absolute atomic E-state index is 13.0. The second-order valence-corrected chi connectivity index (χ2v) is 5.26. The van der Waals surface area contributed by atoms with Crippen molar-refractivity contribution in [1.82, 2.24) is 0 Å². The van der Waals surface area contributed by atoms with Gasteiger partial charge in [0.2, 0.25) is 5.91 Å². The first kappa shape index (κ1) is 20.2. The Hall–Kier alpha value is -1.83. The molecular formula is C15H15ClF5NO2. The van der Waals surface area contributed by atoms with Crippen LogP contribution in [0.4, 0.5) is 27.6 Å². The van der Waals surface area contributed by atoms with E-state index in [1.54, 1.807) is 0 Å². The van der Waals surface area contributed by atoms with Gasteiger partial charge in [-0.3, -0.25) is 4.79 Å². The molecule has 1 aromatic rings. The normalized spacial score (nSPS) is 12.5. The van der Waals surface area contributed by atoms with Crippen molar-refractivity contribution in [3.05, 3.63) is 35.9 Å². The number of rotatable bonds is 8. The summed E-state index contributed by atoms with van der Waals surface area (Å²) in [4.78, 5) is 11.7. The molecule has 0 fully saturated rings. The lowest BCUT2D eigenvalue weighted by molar-refractivity contribution is -0.199. The van der Waals surface area contributed by atoms with E-state index in [-0.39, 0.29) is 25.0 Å². The Morgan fingerprint density at radius 3 is 2.62 bits per heavy atom. The second kappa shape index (κ2) is 8.86. The molecule has 1 aromatic carbocycles. The Bertz CT molecular complexity index is 604. The van der Waals surface area contributed by atoms with Crippen LogP contribution >= 0.6 is 11.6 Å². The first-order valence-corrected chi connectivity index (χ1v) is 7.32. The molecule has 1 rings (SSSR count). The highest BCUT2D eigenvalue weighted by molar-refractivity contribution is 6.20. The zero-order valence-corrected chi connectivity index (χ0v) is 13.3. The molecular weight excluding hydrogens is 357 g/mol. The molecule has 0 aliphatic carbocycles. The minimum atomic E-state index is -4.18. The summed E-state index contributed by atoms with van der Waals surface area (Å²) in [6, 6.07) is 3.61. The van der Waals surface area contributed by atoms with Crippen LogP contribution in [-0.4, -0.2) is 17.6 Å². The van der Waals surface area contributed by atoms with E-state index in [2.05, 4.69) is 21.7 Å². The highest BCUT2D eigenvalue weighted by atomic mass is 35.5. The summed E-state index contributed by atoms with van der Waals surface area (Å²) in [6.45, 7) is 1.52. The maximum Gasteiger partial charge on any atom is 0.444 e. The molecule has 0 bridgehead atoms. The number of hydrogen-bond donors (Lipinski definition) is 1. The molecule has 0 aromatic heterocycles. The van der Waals surface area contributed by atoms with Gasteiger partial charge in [-0.25, -0.2) is 4.39 Å². The maximum atomic E-state index is 13.0. The highest BCUT2D eigenvalue weighted by Crippen LogP contribution is 2.30. The molecule has 0 saturated heterocycles. The smallest absolute Gasteiger partial charge is 0.429 e. The van der Waals surface area contributed by atoms with E-state index in [1.807, 2.05) is 0 Å². The standard InChI is InChI=1S/C15H15ClF5NO2/c1-9-8-10(24-15(20,21)14(16)19)6-7-11(9)22-13(23)5-3-2-4-12(17)18/h4,6-8,14H,2-3,5H2,1H3,(H,22,23). The first-order valence-electron chi connectivity index (χ1n) is 6.88. The SMILES string of the molecule is Cc1cc(OC(F)(F)C(F)Cl)ccc1NC(=O)CCCC=C(F)F. The average molecular weight is 372 g/mol. The predicted molar refractivity (Wildman–Crippen MR) is 80.3 cm³/mol. The number of hydrogen-bond acceptors (Lipinski definition) is 2. The quantitative estimate of drug-likeness (QED) is 0.378. The molecule has 0 radical (unpaired) electrons. The number of benzene rings is 1. The van der Waals surface area contributed by atoms with E-state index in [9.17, 15) is 26.7 Å². The lowest BCUT2D eigenvalue weighted by atomic mass is 10.1. The number of unbranched alkanes of at least 4 members (excludes halogenated alkanes) is 1. The Labute approximate surface area is 140 Å². The molecule has 0 heterocycles. The summed E-state index contributed by atoms with van der Waals surface area (Å²) < 4.78 is 66.4. The summed E-state index contributed by atoms with van der Waals surface area (Å²) in [5, 5.41) is 2.52. The number of nitrogens with one attached hydrogen (secondary N) is 1. The monoisotopic (exact) mass is 371 g/mol. The number of anilines is 1. The zero-order chi connectivity index (χ0) is 18.3. The van der Waals surface area contributed by atoms with Gasteiger partial charge in [-0.15, -0.1) is 0 Å². The fourth-order valence-corrected chi connectivity index (χ4v) is 1.77. The number of ether oxygens (including phenoxy) is 1. The summed E-state index contributed by atoms with van der Waals surface area (Å²) in [6.07, 6.45) is -4.93. The molecule has 9 heteroatoms. The Morgan fingerprint density at radius 1 is 1.42 bits per heavy atom. The fourth-order valence-electron chi connectivity index (χ4n) is 1.73. The van der Waals surface area contributed by atoms with Crippen LogP contribution in [0.3, 0.4) is 0 Å². The number of halogens is 6. The van der Waals surface area contributed by atoms with Gasteiger partial charge < -0.3 is 10.1 Å². The topological polar surface area (TPSA) is 38.3 Å². The van der Waals surface area contributed by atoms with E-state index < -0.39 is 23.7 Å². The summed E-state index contributed by atoms with van der Waals surface area (Å²) in [5.74, 6) is -0.725. The van der Waals surface area contributed by atoms with Gasteiger partial charge in [-0.1, -0.05) is 11.6 Å². The molecule has 134 valence electrons. The van der Waals surface area contributed by atoms with Gasteiger partial charge in [0.15, 0.2) is 0 Å². The lowest BCUT2D eigenvalue weighted by Crippen LogP contribution is -2.32. The minimum Gasteiger partial charge on any atom is -0.429 e. The molecule has 1 atom stereocenters. The number of alkyl halides is 4. The van der Waals surface area contributed by atoms with Crippen LogP contribution in [0.25, 0.3) is 0 Å². The van der Waals surface area contributed by atoms with Gasteiger partial charge in [0.1, 0.15) is 5.75 Å². The number of amides is 1. The molecule has 3 nitrogen and oxygen atoms in total. The van der Waals surface area contributed by atoms with E-state index in [0.717, 1.165) is 12.1 Å². The van der Waals surface area contributed by atoms with E-state index in [1.165, 1.54) is 19.1 Å².